The van der Waals surface area contributed by atoms with Crippen LogP contribution in [0.2, 0.25) is 0 Å². The van der Waals surface area contributed by atoms with Gasteiger partial charge >= 0.3 is 6.09 Å². The molecule has 0 unspecified atom stereocenters. The fourth-order valence-corrected chi connectivity index (χ4v) is 3.49. The maximum absolute atomic E-state index is 12.1. The van der Waals surface area contributed by atoms with E-state index in [1.54, 1.807) is 24.3 Å². The van der Waals surface area contributed by atoms with Crippen molar-refractivity contribution in [2.75, 3.05) is 0 Å². The van der Waals surface area contributed by atoms with E-state index in [0.717, 1.165) is 16.3 Å². The molecular weight excluding hydrogens is 354 g/mol. The van der Waals surface area contributed by atoms with Crippen molar-refractivity contribution >= 4 is 27.9 Å². The number of H-pyrrole nitrogens is 1. The zero-order valence-corrected chi connectivity index (χ0v) is 14.7. The van der Waals surface area contributed by atoms with E-state index in [-0.39, 0.29) is 5.88 Å². The van der Waals surface area contributed by atoms with Crippen molar-refractivity contribution in [2.45, 2.75) is 0 Å². The number of aromatic nitrogens is 3. The van der Waals surface area contributed by atoms with Crippen LogP contribution in [0.15, 0.2) is 78.9 Å². The summed E-state index contributed by atoms with van der Waals surface area (Å²) in [5.41, 5.74) is 2.70. The molecule has 0 aliphatic heterocycles. The van der Waals surface area contributed by atoms with Gasteiger partial charge in [-0.2, -0.15) is 5.10 Å². The molecule has 0 radical (unpaired) electrons. The Hall–Kier alpha value is -4.06. The maximum atomic E-state index is 12.1. The highest BCUT2D eigenvalue weighted by molar-refractivity contribution is 6.08. The van der Waals surface area contributed by atoms with E-state index < -0.39 is 6.09 Å². The Morgan fingerprint density at radius 1 is 0.893 bits per heavy atom. The smallest absolute Gasteiger partial charge is 0.418 e. The van der Waals surface area contributed by atoms with Crippen molar-refractivity contribution < 1.29 is 14.6 Å². The summed E-state index contributed by atoms with van der Waals surface area (Å²) in [4.78, 5) is 12.1. The number of carbonyl (C=O) groups is 1. The highest BCUT2D eigenvalue weighted by atomic mass is 16.5. The van der Waals surface area contributed by atoms with Crippen molar-refractivity contribution in [3.8, 4) is 22.9 Å². The van der Waals surface area contributed by atoms with Crippen LogP contribution >= 0.6 is 0 Å². The molecule has 0 atom stereocenters. The summed E-state index contributed by atoms with van der Waals surface area (Å²) in [6.07, 6.45) is -1.12. The van der Waals surface area contributed by atoms with Crippen LogP contribution in [-0.2, 0) is 0 Å². The molecule has 0 saturated carbocycles. The average molecular weight is 369 g/mol. The van der Waals surface area contributed by atoms with E-state index in [1.165, 1.54) is 4.57 Å². The number of nitrogens with zero attached hydrogens (tertiary/aromatic N) is 2. The molecule has 2 N–H and O–H groups in total. The first-order valence-electron chi connectivity index (χ1n) is 8.77. The summed E-state index contributed by atoms with van der Waals surface area (Å²) in [6.45, 7) is 0. The van der Waals surface area contributed by atoms with Gasteiger partial charge in [0.25, 0.3) is 0 Å². The quantitative estimate of drug-likeness (QED) is 0.440. The molecule has 0 amide bonds. The third-order valence-electron chi connectivity index (χ3n) is 4.69. The maximum Gasteiger partial charge on any atom is 0.418 e. The number of para-hydroxylation sites is 3. The molecular formula is C22H15N3O3. The van der Waals surface area contributed by atoms with E-state index in [9.17, 15) is 9.90 Å². The highest BCUT2D eigenvalue weighted by Crippen LogP contribution is 2.43. The minimum absolute atomic E-state index is 0.220. The van der Waals surface area contributed by atoms with Crippen molar-refractivity contribution in [1.29, 1.82) is 0 Å². The lowest BCUT2D eigenvalue weighted by Crippen LogP contribution is -2.09. The Morgan fingerprint density at radius 2 is 1.57 bits per heavy atom. The van der Waals surface area contributed by atoms with Gasteiger partial charge in [0.05, 0.1) is 16.6 Å². The number of hydrogen-bond donors (Lipinski definition) is 2. The normalized spacial score (nSPS) is 11.1. The predicted octanol–water partition coefficient (Wildman–Crippen LogP) is 5.50. The third kappa shape index (κ3) is 2.43. The van der Waals surface area contributed by atoms with Gasteiger partial charge in [0.1, 0.15) is 11.4 Å². The molecule has 2 aromatic heterocycles. The molecule has 136 valence electrons. The van der Waals surface area contributed by atoms with Gasteiger partial charge in [-0.15, -0.1) is 0 Å². The number of nitrogens with one attached hydrogen (secondary N) is 1. The zero-order valence-electron chi connectivity index (χ0n) is 14.7. The zero-order chi connectivity index (χ0) is 19.1. The first-order chi connectivity index (χ1) is 13.7. The summed E-state index contributed by atoms with van der Waals surface area (Å²) in [7, 11) is 0. The first-order valence-corrected chi connectivity index (χ1v) is 8.77. The number of rotatable bonds is 3. The van der Waals surface area contributed by atoms with Crippen LogP contribution in [0.4, 0.5) is 4.79 Å². The molecule has 6 nitrogen and oxygen atoms in total. The second kappa shape index (κ2) is 6.28. The molecule has 28 heavy (non-hydrogen) atoms. The van der Waals surface area contributed by atoms with Gasteiger partial charge in [0, 0.05) is 10.8 Å². The van der Waals surface area contributed by atoms with E-state index in [2.05, 4.69) is 10.2 Å². The standard InChI is InChI=1S/C22H15N3O3/c26-22(27)25-18-13-7-5-11-16(18)19(21(25)28-14-8-2-1-3-9-14)20-15-10-4-6-12-17(15)23-24-20/h1-13H,(H,23,24)(H,26,27). The van der Waals surface area contributed by atoms with Crippen molar-refractivity contribution in [1.82, 2.24) is 14.8 Å². The Bertz CT molecular complexity index is 1320. The van der Waals surface area contributed by atoms with Gasteiger partial charge in [-0.3, -0.25) is 5.10 Å². The lowest BCUT2D eigenvalue weighted by Gasteiger charge is -2.09. The van der Waals surface area contributed by atoms with Crippen LogP contribution in [-0.4, -0.2) is 26.0 Å². The summed E-state index contributed by atoms with van der Waals surface area (Å²) in [5, 5.41) is 19.1. The minimum Gasteiger partial charge on any atom is -0.464 e. The van der Waals surface area contributed by atoms with E-state index >= 15 is 0 Å². The van der Waals surface area contributed by atoms with Crippen LogP contribution in [0.5, 0.6) is 11.6 Å². The van der Waals surface area contributed by atoms with Gasteiger partial charge < -0.3 is 9.84 Å². The number of carboxylic acid groups (broad SMARTS) is 1. The van der Waals surface area contributed by atoms with Crippen molar-refractivity contribution in [2.24, 2.45) is 0 Å². The van der Waals surface area contributed by atoms with Crippen LogP contribution in [0.3, 0.4) is 0 Å². The lowest BCUT2D eigenvalue weighted by atomic mass is 10.1. The van der Waals surface area contributed by atoms with Gasteiger partial charge in [0.15, 0.2) is 0 Å². The SMILES string of the molecule is O=C(O)n1c(Oc2ccccc2)c(-c2n[nH]c3ccccc23)c2ccccc21. The van der Waals surface area contributed by atoms with Gasteiger partial charge in [-0.05, 0) is 24.3 Å². The van der Waals surface area contributed by atoms with E-state index in [4.69, 9.17) is 4.74 Å². The van der Waals surface area contributed by atoms with Crippen LogP contribution in [0.25, 0.3) is 33.1 Å². The van der Waals surface area contributed by atoms with Gasteiger partial charge in [0.2, 0.25) is 5.88 Å². The predicted molar refractivity (Wildman–Crippen MR) is 107 cm³/mol. The van der Waals surface area contributed by atoms with Crippen molar-refractivity contribution in [3.05, 3.63) is 78.9 Å². The molecule has 5 rings (SSSR count). The van der Waals surface area contributed by atoms with E-state index in [1.807, 2.05) is 54.6 Å². The number of hydrogen-bond acceptors (Lipinski definition) is 3. The molecule has 0 spiro atoms. The number of aromatic amines is 1. The molecule has 3 aromatic carbocycles. The fourth-order valence-electron chi connectivity index (χ4n) is 3.49. The minimum atomic E-state index is -1.12. The molecule has 0 fully saturated rings. The number of ether oxygens (including phenoxy) is 1. The molecule has 0 aliphatic carbocycles. The fraction of sp³-hybridized carbons (Fsp3) is 0. The summed E-state index contributed by atoms with van der Waals surface area (Å²) in [6, 6.07) is 24.2. The topological polar surface area (TPSA) is 80.1 Å². The molecule has 0 bridgehead atoms. The second-order valence-corrected chi connectivity index (χ2v) is 6.35. The Balaban J connectivity index is 1.87. The van der Waals surface area contributed by atoms with E-state index in [0.29, 0.717) is 22.5 Å². The lowest BCUT2D eigenvalue weighted by molar-refractivity contribution is 0.195. The van der Waals surface area contributed by atoms with Crippen molar-refractivity contribution in [3.63, 3.8) is 0 Å². The number of benzene rings is 3. The molecule has 0 saturated heterocycles. The summed E-state index contributed by atoms with van der Waals surface area (Å²) in [5.74, 6) is 0.769. The Morgan fingerprint density at radius 3 is 2.36 bits per heavy atom. The third-order valence-corrected chi connectivity index (χ3v) is 4.69. The Labute approximate surface area is 159 Å². The van der Waals surface area contributed by atoms with Crippen LogP contribution < -0.4 is 4.74 Å². The molecule has 0 aliphatic rings. The average Bonchev–Trinajstić information content (AvgIpc) is 3.27. The first kappa shape index (κ1) is 16.1. The highest BCUT2D eigenvalue weighted by Gasteiger charge is 2.26. The molecule has 2 heterocycles. The molecule has 5 aromatic rings. The molecule has 6 heteroatoms. The summed E-state index contributed by atoms with van der Waals surface area (Å²) >= 11 is 0. The van der Waals surface area contributed by atoms with Crippen LogP contribution in [0, 0.1) is 0 Å². The van der Waals surface area contributed by atoms with Gasteiger partial charge in [-0.25, -0.2) is 9.36 Å². The number of fused-ring (bicyclic) bond motifs is 2. The van der Waals surface area contributed by atoms with Crippen LogP contribution in [0.1, 0.15) is 0 Å². The monoisotopic (exact) mass is 369 g/mol. The van der Waals surface area contributed by atoms with Gasteiger partial charge in [-0.1, -0.05) is 54.6 Å². The summed E-state index contributed by atoms with van der Waals surface area (Å²) < 4.78 is 7.26. The Kier molecular flexibility index (Phi) is 3.62. The second-order valence-electron chi connectivity index (χ2n) is 6.35. The largest absolute Gasteiger partial charge is 0.464 e.